The predicted octanol–water partition coefficient (Wildman–Crippen LogP) is 1.75. The molecule has 25 heavy (non-hydrogen) atoms. The molecular weight excluding hydrogens is 318 g/mol. The predicted molar refractivity (Wildman–Crippen MR) is 94.3 cm³/mol. The minimum Gasteiger partial charge on any atom is -0.383 e. The first-order valence-corrected chi connectivity index (χ1v) is 9.19. The summed E-state index contributed by atoms with van der Waals surface area (Å²) in [4.78, 5) is 33.2. The van der Waals surface area contributed by atoms with E-state index in [1.165, 1.54) is 6.42 Å². The van der Waals surface area contributed by atoms with E-state index < -0.39 is 0 Å². The summed E-state index contributed by atoms with van der Waals surface area (Å²) >= 11 is 0. The van der Waals surface area contributed by atoms with Crippen LogP contribution < -0.4 is 0 Å². The van der Waals surface area contributed by atoms with Crippen LogP contribution in [0.4, 0.5) is 0 Å². The Morgan fingerprint density at radius 2 is 2.12 bits per heavy atom. The normalized spacial score (nSPS) is 21.0. The molecule has 1 unspecified atom stereocenters. The average molecular weight is 345 g/mol. The molecule has 0 N–H and O–H groups in total. The Balaban J connectivity index is 1.67. The van der Waals surface area contributed by atoms with E-state index in [0.29, 0.717) is 31.6 Å². The third-order valence-corrected chi connectivity index (χ3v) is 5.11. The molecule has 0 bridgehead atoms. The fourth-order valence-electron chi connectivity index (χ4n) is 3.74. The maximum Gasteiger partial charge on any atom is 0.255 e. The Hall–Kier alpha value is -1.95. The molecule has 2 fully saturated rings. The van der Waals surface area contributed by atoms with E-state index in [1.54, 1.807) is 13.3 Å². The average Bonchev–Trinajstić information content (AvgIpc) is 2.99. The zero-order valence-corrected chi connectivity index (χ0v) is 14.9. The highest BCUT2D eigenvalue weighted by molar-refractivity contribution is 5.95. The number of methoxy groups -OCH3 is 1. The second-order valence-electron chi connectivity index (χ2n) is 6.96. The van der Waals surface area contributed by atoms with Crippen molar-refractivity contribution >= 4 is 11.8 Å². The molecule has 2 aliphatic heterocycles. The van der Waals surface area contributed by atoms with Gasteiger partial charge in [0.15, 0.2) is 0 Å². The molecule has 2 amide bonds. The summed E-state index contributed by atoms with van der Waals surface area (Å²) in [5.74, 6) is 0.470. The maximum absolute atomic E-state index is 12.9. The van der Waals surface area contributed by atoms with Gasteiger partial charge in [-0.05, 0) is 43.7 Å². The van der Waals surface area contributed by atoms with Crippen molar-refractivity contribution in [3.63, 3.8) is 0 Å². The summed E-state index contributed by atoms with van der Waals surface area (Å²) in [7, 11) is 1.64. The zero-order chi connectivity index (χ0) is 17.6. The van der Waals surface area contributed by atoms with Gasteiger partial charge < -0.3 is 14.5 Å². The van der Waals surface area contributed by atoms with Crippen molar-refractivity contribution in [2.75, 3.05) is 39.9 Å². The number of ether oxygens (including phenoxy) is 1. The molecule has 6 heteroatoms. The first-order valence-electron chi connectivity index (χ1n) is 9.19. The van der Waals surface area contributed by atoms with Gasteiger partial charge in [-0.1, -0.05) is 0 Å². The van der Waals surface area contributed by atoms with Crippen molar-refractivity contribution in [2.24, 2.45) is 5.92 Å². The zero-order valence-electron chi connectivity index (χ0n) is 14.9. The van der Waals surface area contributed by atoms with Crippen LogP contribution in [0.1, 0.15) is 41.7 Å². The van der Waals surface area contributed by atoms with Crippen LogP contribution >= 0.6 is 0 Å². The number of nitrogens with zero attached hydrogens (tertiary/aromatic N) is 3. The lowest BCUT2D eigenvalue weighted by Crippen LogP contribution is -2.36. The van der Waals surface area contributed by atoms with Crippen LogP contribution in [0.25, 0.3) is 0 Å². The van der Waals surface area contributed by atoms with E-state index in [0.717, 1.165) is 38.2 Å². The molecule has 0 spiro atoms. The SMILES string of the molecule is COCCN1CC(Cc2ncccc2C(=O)N2CCCCC2)CC1=O. The van der Waals surface area contributed by atoms with E-state index in [9.17, 15) is 9.59 Å². The first kappa shape index (κ1) is 17.9. The van der Waals surface area contributed by atoms with Gasteiger partial charge in [0.25, 0.3) is 5.91 Å². The minimum atomic E-state index is 0.0864. The third kappa shape index (κ3) is 4.37. The molecule has 1 atom stereocenters. The fraction of sp³-hybridized carbons (Fsp3) is 0.632. The van der Waals surface area contributed by atoms with Crippen molar-refractivity contribution < 1.29 is 14.3 Å². The third-order valence-electron chi connectivity index (χ3n) is 5.11. The quantitative estimate of drug-likeness (QED) is 0.788. The summed E-state index contributed by atoms with van der Waals surface area (Å²) in [6, 6.07) is 3.70. The Morgan fingerprint density at radius 3 is 2.88 bits per heavy atom. The number of rotatable bonds is 6. The summed E-state index contributed by atoms with van der Waals surface area (Å²) < 4.78 is 5.07. The van der Waals surface area contributed by atoms with E-state index in [-0.39, 0.29) is 17.7 Å². The maximum atomic E-state index is 12.9. The number of carbonyl (C=O) groups excluding carboxylic acids is 2. The van der Waals surface area contributed by atoms with Crippen LogP contribution in [0, 0.1) is 5.92 Å². The van der Waals surface area contributed by atoms with E-state index in [1.807, 2.05) is 21.9 Å². The highest BCUT2D eigenvalue weighted by atomic mass is 16.5. The number of likely N-dealkylation sites (tertiary alicyclic amines) is 2. The summed E-state index contributed by atoms with van der Waals surface area (Å²) in [6.45, 7) is 3.57. The number of amides is 2. The molecule has 0 aliphatic carbocycles. The number of pyridine rings is 1. The van der Waals surface area contributed by atoms with E-state index in [2.05, 4.69) is 4.98 Å². The molecule has 0 radical (unpaired) electrons. The van der Waals surface area contributed by atoms with Gasteiger partial charge in [-0.15, -0.1) is 0 Å². The second-order valence-corrected chi connectivity index (χ2v) is 6.96. The van der Waals surface area contributed by atoms with Gasteiger partial charge in [-0.25, -0.2) is 0 Å². The van der Waals surface area contributed by atoms with Gasteiger partial charge in [-0.3, -0.25) is 14.6 Å². The molecule has 0 saturated carbocycles. The lowest BCUT2D eigenvalue weighted by molar-refractivity contribution is -0.128. The largest absolute Gasteiger partial charge is 0.383 e. The van der Waals surface area contributed by atoms with E-state index >= 15 is 0 Å². The Labute approximate surface area is 149 Å². The summed E-state index contributed by atoms with van der Waals surface area (Å²) in [5.41, 5.74) is 1.52. The van der Waals surface area contributed by atoms with Crippen molar-refractivity contribution in [1.82, 2.24) is 14.8 Å². The molecule has 0 aromatic carbocycles. The topological polar surface area (TPSA) is 62.7 Å². The molecule has 3 heterocycles. The lowest BCUT2D eigenvalue weighted by atomic mass is 9.98. The number of piperidine rings is 1. The molecule has 1 aromatic heterocycles. The minimum absolute atomic E-state index is 0.0864. The number of hydrogen-bond acceptors (Lipinski definition) is 4. The Kier molecular flexibility index (Phi) is 6.02. The fourth-order valence-corrected chi connectivity index (χ4v) is 3.74. The standard InChI is InChI=1S/C19H27N3O3/c1-25-11-10-22-14-15(13-18(22)23)12-17-16(6-5-7-20-17)19(24)21-8-3-2-4-9-21/h5-7,15H,2-4,8-14H2,1H3. The monoisotopic (exact) mass is 345 g/mol. The molecule has 136 valence electrons. The first-order chi connectivity index (χ1) is 12.2. The molecular formula is C19H27N3O3. The van der Waals surface area contributed by atoms with Crippen LogP contribution in [0.3, 0.4) is 0 Å². The van der Waals surface area contributed by atoms with Crippen LogP contribution in [-0.2, 0) is 16.0 Å². The van der Waals surface area contributed by atoms with E-state index in [4.69, 9.17) is 4.74 Å². The highest BCUT2D eigenvalue weighted by Crippen LogP contribution is 2.23. The molecule has 2 saturated heterocycles. The lowest BCUT2D eigenvalue weighted by Gasteiger charge is -2.27. The van der Waals surface area contributed by atoms with Crippen molar-refractivity contribution in [2.45, 2.75) is 32.1 Å². The molecule has 2 aliphatic rings. The van der Waals surface area contributed by atoms with Crippen LogP contribution in [0.2, 0.25) is 0 Å². The Morgan fingerprint density at radius 1 is 1.32 bits per heavy atom. The van der Waals surface area contributed by atoms with Gasteiger partial charge >= 0.3 is 0 Å². The van der Waals surface area contributed by atoms with Crippen molar-refractivity contribution in [3.8, 4) is 0 Å². The van der Waals surface area contributed by atoms with Crippen LogP contribution in [0.5, 0.6) is 0 Å². The van der Waals surface area contributed by atoms with Gasteiger partial charge in [0, 0.05) is 45.9 Å². The number of carbonyl (C=O) groups is 2. The van der Waals surface area contributed by atoms with Crippen LogP contribution in [-0.4, -0.2) is 66.5 Å². The van der Waals surface area contributed by atoms with Gasteiger partial charge in [0.05, 0.1) is 17.9 Å². The molecule has 3 rings (SSSR count). The second kappa shape index (κ2) is 8.43. The van der Waals surface area contributed by atoms with Crippen molar-refractivity contribution in [1.29, 1.82) is 0 Å². The van der Waals surface area contributed by atoms with Crippen molar-refractivity contribution in [3.05, 3.63) is 29.6 Å². The summed E-state index contributed by atoms with van der Waals surface area (Å²) in [6.07, 6.45) is 6.29. The Bertz CT molecular complexity index is 614. The van der Waals surface area contributed by atoms with Gasteiger partial charge in [0.1, 0.15) is 0 Å². The number of hydrogen-bond donors (Lipinski definition) is 0. The number of aromatic nitrogens is 1. The smallest absolute Gasteiger partial charge is 0.255 e. The van der Waals surface area contributed by atoms with Crippen LogP contribution in [0.15, 0.2) is 18.3 Å². The van der Waals surface area contributed by atoms with Gasteiger partial charge in [0.2, 0.25) is 5.91 Å². The summed E-state index contributed by atoms with van der Waals surface area (Å²) in [5, 5.41) is 0. The molecule has 1 aromatic rings. The highest BCUT2D eigenvalue weighted by Gasteiger charge is 2.31. The van der Waals surface area contributed by atoms with Gasteiger partial charge in [-0.2, -0.15) is 0 Å². The molecule has 6 nitrogen and oxygen atoms in total.